The maximum absolute atomic E-state index is 11.5. The zero-order chi connectivity index (χ0) is 13.6. The Morgan fingerprint density at radius 2 is 1.83 bits per heavy atom. The van der Waals surface area contributed by atoms with Crippen molar-refractivity contribution in [3.05, 3.63) is 18.5 Å². The second-order valence-electron chi connectivity index (χ2n) is 4.02. The Labute approximate surface area is 108 Å². The van der Waals surface area contributed by atoms with E-state index in [0.29, 0.717) is 6.54 Å². The van der Waals surface area contributed by atoms with Gasteiger partial charge in [0.15, 0.2) is 0 Å². The van der Waals surface area contributed by atoms with Crippen molar-refractivity contribution < 1.29 is 8.42 Å². The fraction of sp³-hybridized carbons (Fsp3) is 0.545. The molecule has 0 bridgehead atoms. The molecule has 1 rings (SSSR count). The number of nitrogens with zero attached hydrogens (tertiary/aromatic N) is 2. The first-order valence-electron chi connectivity index (χ1n) is 5.78. The minimum Gasteiger partial charge on any atom is -0.384 e. The monoisotopic (exact) mass is 272 g/mol. The fourth-order valence-corrected chi connectivity index (χ4v) is 2.07. The number of rotatable bonds is 7. The highest BCUT2D eigenvalue weighted by atomic mass is 32.2. The van der Waals surface area contributed by atoms with Crippen LogP contribution in [0.25, 0.3) is 0 Å². The zero-order valence-electron chi connectivity index (χ0n) is 11.0. The van der Waals surface area contributed by atoms with Crippen molar-refractivity contribution >= 4 is 21.4 Å². The summed E-state index contributed by atoms with van der Waals surface area (Å²) in [5.74, 6) is 0.0609. The number of anilines is 2. The van der Waals surface area contributed by atoms with Gasteiger partial charge in [0.25, 0.3) is 0 Å². The van der Waals surface area contributed by atoms with E-state index in [1.165, 1.54) is 18.4 Å². The normalized spacial score (nSPS) is 11.6. The van der Waals surface area contributed by atoms with Gasteiger partial charge in [-0.15, -0.1) is 0 Å². The van der Waals surface area contributed by atoms with Crippen molar-refractivity contribution in [3.8, 4) is 0 Å². The van der Waals surface area contributed by atoms with E-state index in [9.17, 15) is 8.42 Å². The van der Waals surface area contributed by atoms with Gasteiger partial charge in [-0.2, -0.15) is 0 Å². The Bertz CT molecular complexity index is 474. The molecule has 6 nitrogen and oxygen atoms in total. The number of hydrogen-bond donors (Lipinski definition) is 2. The molecule has 0 aliphatic heterocycles. The summed E-state index contributed by atoms with van der Waals surface area (Å²) >= 11 is 0. The van der Waals surface area contributed by atoms with E-state index in [1.807, 2.05) is 13.0 Å². The summed E-state index contributed by atoms with van der Waals surface area (Å²) in [4.78, 5) is 4.07. The number of sulfonamides is 1. The molecule has 0 unspecified atom stereocenters. The molecular formula is C11H20N4O2S. The van der Waals surface area contributed by atoms with Crippen LogP contribution in [0.5, 0.6) is 0 Å². The topological polar surface area (TPSA) is 74.3 Å². The lowest BCUT2D eigenvalue weighted by atomic mass is 10.3. The van der Waals surface area contributed by atoms with E-state index >= 15 is 0 Å². The first-order chi connectivity index (χ1) is 8.45. The first kappa shape index (κ1) is 14.7. The summed E-state index contributed by atoms with van der Waals surface area (Å²) in [6, 6.07) is 1.90. The van der Waals surface area contributed by atoms with Crippen LogP contribution in [0.3, 0.4) is 0 Å². The molecule has 0 amide bonds. The average molecular weight is 272 g/mol. The Morgan fingerprint density at radius 3 is 2.39 bits per heavy atom. The molecule has 0 saturated carbocycles. The van der Waals surface area contributed by atoms with E-state index in [2.05, 4.69) is 15.6 Å². The van der Waals surface area contributed by atoms with E-state index < -0.39 is 10.0 Å². The summed E-state index contributed by atoms with van der Waals surface area (Å²) < 4.78 is 24.3. The smallest absolute Gasteiger partial charge is 0.215 e. The molecule has 0 aliphatic carbocycles. The molecule has 1 aromatic rings. The van der Waals surface area contributed by atoms with Gasteiger partial charge >= 0.3 is 0 Å². The molecular weight excluding hydrogens is 252 g/mol. The molecule has 2 N–H and O–H groups in total. The SMILES string of the molecule is CCNc1cncc(NCCS(=O)(=O)N(C)C)c1. The van der Waals surface area contributed by atoms with Crippen LogP contribution in [0.15, 0.2) is 18.5 Å². The first-order valence-corrected chi connectivity index (χ1v) is 7.39. The van der Waals surface area contributed by atoms with Crippen LogP contribution >= 0.6 is 0 Å². The minimum atomic E-state index is -3.15. The maximum Gasteiger partial charge on any atom is 0.215 e. The van der Waals surface area contributed by atoms with E-state index in [4.69, 9.17) is 0 Å². The van der Waals surface area contributed by atoms with Gasteiger partial charge < -0.3 is 10.6 Å². The second kappa shape index (κ2) is 6.55. The summed E-state index contributed by atoms with van der Waals surface area (Å²) in [7, 11) is -0.0930. The van der Waals surface area contributed by atoms with Gasteiger partial charge in [0, 0.05) is 27.2 Å². The molecule has 0 saturated heterocycles. The molecule has 0 atom stereocenters. The fourth-order valence-electron chi connectivity index (χ4n) is 1.34. The summed E-state index contributed by atoms with van der Waals surface area (Å²) in [6.45, 7) is 3.18. The molecule has 1 aromatic heterocycles. The lowest BCUT2D eigenvalue weighted by Gasteiger charge is -2.12. The molecule has 1 heterocycles. The predicted octanol–water partition coefficient (Wildman–Crippen LogP) is 0.817. The van der Waals surface area contributed by atoms with Crippen molar-refractivity contribution in [1.82, 2.24) is 9.29 Å². The van der Waals surface area contributed by atoms with Crippen LogP contribution in [-0.4, -0.2) is 50.6 Å². The molecule has 0 spiro atoms. The van der Waals surface area contributed by atoms with Gasteiger partial charge in [-0.05, 0) is 13.0 Å². The van der Waals surface area contributed by atoms with Crippen LogP contribution in [0.1, 0.15) is 6.92 Å². The Kier molecular flexibility index (Phi) is 5.36. The molecule has 7 heteroatoms. The molecule has 0 fully saturated rings. The van der Waals surface area contributed by atoms with Crippen LogP contribution < -0.4 is 10.6 Å². The number of aromatic nitrogens is 1. The molecule has 18 heavy (non-hydrogen) atoms. The number of pyridine rings is 1. The molecule has 0 radical (unpaired) electrons. The van der Waals surface area contributed by atoms with E-state index in [1.54, 1.807) is 12.4 Å². The zero-order valence-corrected chi connectivity index (χ0v) is 11.8. The van der Waals surface area contributed by atoms with Gasteiger partial charge in [-0.3, -0.25) is 4.98 Å². The standard InChI is InChI=1S/C11H20N4O2S/c1-4-13-10-7-11(9-12-8-10)14-5-6-18(16,17)15(2)3/h7-9,13-14H,4-6H2,1-3H3. The average Bonchev–Trinajstić information content (AvgIpc) is 2.29. The lowest BCUT2D eigenvalue weighted by Crippen LogP contribution is -2.28. The van der Waals surface area contributed by atoms with Crippen molar-refractivity contribution in [3.63, 3.8) is 0 Å². The largest absolute Gasteiger partial charge is 0.384 e. The van der Waals surface area contributed by atoms with E-state index in [0.717, 1.165) is 17.9 Å². The number of nitrogens with one attached hydrogen (secondary N) is 2. The lowest BCUT2D eigenvalue weighted by molar-refractivity contribution is 0.521. The van der Waals surface area contributed by atoms with Crippen LogP contribution in [0, 0.1) is 0 Å². The van der Waals surface area contributed by atoms with Gasteiger partial charge in [-0.25, -0.2) is 12.7 Å². The highest BCUT2D eigenvalue weighted by Gasteiger charge is 2.12. The van der Waals surface area contributed by atoms with Crippen LogP contribution in [0.2, 0.25) is 0 Å². The maximum atomic E-state index is 11.5. The summed E-state index contributed by atoms with van der Waals surface area (Å²) in [5, 5.41) is 6.19. The third-order valence-electron chi connectivity index (χ3n) is 2.36. The minimum absolute atomic E-state index is 0.0609. The Balaban J connectivity index is 2.51. The Morgan fingerprint density at radius 1 is 1.22 bits per heavy atom. The predicted molar refractivity (Wildman–Crippen MR) is 74.4 cm³/mol. The molecule has 0 aliphatic rings. The van der Waals surface area contributed by atoms with Gasteiger partial charge in [0.05, 0.1) is 29.5 Å². The number of hydrogen-bond acceptors (Lipinski definition) is 5. The van der Waals surface area contributed by atoms with Crippen molar-refractivity contribution in [2.75, 3.05) is 43.6 Å². The highest BCUT2D eigenvalue weighted by molar-refractivity contribution is 7.89. The molecule has 0 aromatic carbocycles. The van der Waals surface area contributed by atoms with Crippen molar-refractivity contribution in [2.24, 2.45) is 0 Å². The third kappa shape index (κ3) is 4.50. The van der Waals surface area contributed by atoms with Gasteiger partial charge in [0.2, 0.25) is 10.0 Å². The van der Waals surface area contributed by atoms with Crippen LogP contribution in [-0.2, 0) is 10.0 Å². The van der Waals surface area contributed by atoms with Crippen molar-refractivity contribution in [1.29, 1.82) is 0 Å². The third-order valence-corrected chi connectivity index (χ3v) is 4.20. The van der Waals surface area contributed by atoms with Gasteiger partial charge in [-0.1, -0.05) is 0 Å². The second-order valence-corrected chi connectivity index (χ2v) is 6.32. The summed E-state index contributed by atoms with van der Waals surface area (Å²) in [6.07, 6.45) is 3.40. The van der Waals surface area contributed by atoms with E-state index in [-0.39, 0.29) is 5.75 Å². The summed E-state index contributed by atoms with van der Waals surface area (Å²) in [5.41, 5.74) is 1.72. The Hall–Kier alpha value is -1.34. The quantitative estimate of drug-likeness (QED) is 0.768. The highest BCUT2D eigenvalue weighted by Crippen LogP contribution is 2.12. The van der Waals surface area contributed by atoms with Crippen LogP contribution in [0.4, 0.5) is 11.4 Å². The van der Waals surface area contributed by atoms with Crippen molar-refractivity contribution in [2.45, 2.75) is 6.92 Å². The van der Waals surface area contributed by atoms with Gasteiger partial charge in [0.1, 0.15) is 0 Å². The molecule has 102 valence electrons.